The molecular formula is C12H14N2O. The van der Waals surface area contributed by atoms with Crippen molar-refractivity contribution in [2.45, 2.75) is 26.2 Å². The number of oxazole rings is 1. The summed E-state index contributed by atoms with van der Waals surface area (Å²) in [7, 11) is 0. The predicted molar refractivity (Wildman–Crippen MR) is 58.4 cm³/mol. The van der Waals surface area contributed by atoms with Gasteiger partial charge in [-0.15, -0.1) is 0 Å². The lowest BCUT2D eigenvalue weighted by atomic mass is 10.1. The average molecular weight is 202 g/mol. The molecule has 0 radical (unpaired) electrons. The molecule has 0 N–H and O–H groups in total. The van der Waals surface area contributed by atoms with Crippen LogP contribution in [0.15, 0.2) is 35.1 Å². The Labute approximate surface area is 89.2 Å². The third-order valence-corrected chi connectivity index (χ3v) is 2.50. The highest BCUT2D eigenvalue weighted by Crippen LogP contribution is 2.24. The van der Waals surface area contributed by atoms with Crippen LogP contribution in [0.25, 0.3) is 11.3 Å². The van der Waals surface area contributed by atoms with Crippen molar-refractivity contribution in [2.24, 2.45) is 0 Å². The third-order valence-electron chi connectivity index (χ3n) is 2.50. The summed E-state index contributed by atoms with van der Waals surface area (Å²) in [5, 5.41) is 0. The summed E-state index contributed by atoms with van der Waals surface area (Å²) >= 11 is 0. The molecule has 0 aromatic carbocycles. The van der Waals surface area contributed by atoms with Gasteiger partial charge in [0.05, 0.1) is 6.20 Å². The van der Waals surface area contributed by atoms with E-state index in [1.807, 2.05) is 12.1 Å². The van der Waals surface area contributed by atoms with Gasteiger partial charge in [-0.05, 0) is 18.6 Å². The first-order chi connectivity index (χ1) is 7.31. The molecule has 2 aromatic rings. The van der Waals surface area contributed by atoms with Crippen molar-refractivity contribution in [3.63, 3.8) is 0 Å². The number of hydrogen-bond donors (Lipinski definition) is 0. The van der Waals surface area contributed by atoms with Crippen LogP contribution in [0.5, 0.6) is 0 Å². The number of aromatic nitrogens is 2. The summed E-state index contributed by atoms with van der Waals surface area (Å²) in [4.78, 5) is 8.32. The Kier molecular flexibility index (Phi) is 2.81. The molecule has 1 atom stereocenters. The molecule has 2 aromatic heterocycles. The molecule has 2 heterocycles. The maximum atomic E-state index is 5.67. The van der Waals surface area contributed by atoms with Crippen molar-refractivity contribution in [2.75, 3.05) is 0 Å². The van der Waals surface area contributed by atoms with Crippen molar-refractivity contribution in [1.82, 2.24) is 9.97 Å². The molecule has 3 heteroatoms. The van der Waals surface area contributed by atoms with Gasteiger partial charge in [-0.25, -0.2) is 4.98 Å². The highest BCUT2D eigenvalue weighted by Gasteiger charge is 2.11. The van der Waals surface area contributed by atoms with E-state index in [1.165, 1.54) is 0 Å². The summed E-state index contributed by atoms with van der Waals surface area (Å²) in [6.45, 7) is 4.23. The maximum Gasteiger partial charge on any atom is 0.197 e. The summed E-state index contributed by atoms with van der Waals surface area (Å²) in [6.07, 6.45) is 6.32. The Morgan fingerprint density at radius 3 is 2.93 bits per heavy atom. The van der Waals surface area contributed by atoms with Crippen LogP contribution in [0, 0.1) is 0 Å². The molecule has 0 amide bonds. The summed E-state index contributed by atoms with van der Waals surface area (Å²) in [6, 6.07) is 3.86. The first-order valence-electron chi connectivity index (χ1n) is 5.17. The molecule has 0 fully saturated rings. The van der Waals surface area contributed by atoms with Gasteiger partial charge in [0.2, 0.25) is 0 Å². The Morgan fingerprint density at radius 2 is 2.27 bits per heavy atom. The van der Waals surface area contributed by atoms with E-state index in [1.54, 1.807) is 18.6 Å². The highest BCUT2D eigenvalue weighted by atomic mass is 16.4. The lowest BCUT2D eigenvalue weighted by Crippen LogP contribution is -1.89. The zero-order chi connectivity index (χ0) is 10.7. The van der Waals surface area contributed by atoms with Gasteiger partial charge in [0.1, 0.15) is 0 Å². The minimum atomic E-state index is 0.371. The molecule has 0 spiro atoms. The van der Waals surface area contributed by atoms with Crippen LogP contribution in [0.4, 0.5) is 0 Å². The van der Waals surface area contributed by atoms with E-state index in [-0.39, 0.29) is 0 Å². The van der Waals surface area contributed by atoms with Crippen molar-refractivity contribution in [1.29, 1.82) is 0 Å². The van der Waals surface area contributed by atoms with Gasteiger partial charge in [-0.1, -0.05) is 13.8 Å². The van der Waals surface area contributed by atoms with E-state index in [0.29, 0.717) is 5.92 Å². The number of nitrogens with zero attached hydrogens (tertiary/aromatic N) is 2. The Bertz CT molecular complexity index is 422. The van der Waals surface area contributed by atoms with Crippen LogP contribution in [0.1, 0.15) is 32.1 Å². The Morgan fingerprint density at radius 1 is 1.40 bits per heavy atom. The molecule has 15 heavy (non-hydrogen) atoms. The quantitative estimate of drug-likeness (QED) is 0.766. The van der Waals surface area contributed by atoms with E-state index in [9.17, 15) is 0 Å². The van der Waals surface area contributed by atoms with E-state index >= 15 is 0 Å². The fourth-order valence-electron chi connectivity index (χ4n) is 1.33. The normalized spacial score (nSPS) is 12.7. The monoisotopic (exact) mass is 202 g/mol. The second kappa shape index (κ2) is 4.26. The molecule has 0 aliphatic carbocycles. The largest absolute Gasteiger partial charge is 0.440 e. The van der Waals surface area contributed by atoms with Crippen LogP contribution in [0.2, 0.25) is 0 Å². The van der Waals surface area contributed by atoms with Gasteiger partial charge >= 0.3 is 0 Å². The Hall–Kier alpha value is -1.64. The maximum absolute atomic E-state index is 5.67. The SMILES string of the molecule is CCC(C)c1ncc(-c2cccnc2)o1. The van der Waals surface area contributed by atoms with Gasteiger partial charge in [0, 0.05) is 23.9 Å². The van der Waals surface area contributed by atoms with Crippen molar-refractivity contribution in [3.05, 3.63) is 36.6 Å². The smallest absolute Gasteiger partial charge is 0.197 e. The Balaban J connectivity index is 2.28. The fraction of sp³-hybridized carbons (Fsp3) is 0.333. The van der Waals surface area contributed by atoms with Crippen molar-refractivity contribution >= 4 is 0 Å². The minimum Gasteiger partial charge on any atom is -0.440 e. The van der Waals surface area contributed by atoms with Gasteiger partial charge in [0.25, 0.3) is 0 Å². The average Bonchev–Trinajstić information content (AvgIpc) is 2.78. The second-order valence-corrected chi connectivity index (χ2v) is 3.61. The topological polar surface area (TPSA) is 38.9 Å². The van der Waals surface area contributed by atoms with E-state index < -0.39 is 0 Å². The molecule has 2 rings (SSSR count). The molecule has 0 aliphatic heterocycles. The van der Waals surface area contributed by atoms with E-state index in [0.717, 1.165) is 23.6 Å². The molecule has 3 nitrogen and oxygen atoms in total. The van der Waals surface area contributed by atoms with Crippen LogP contribution >= 0.6 is 0 Å². The number of hydrogen-bond acceptors (Lipinski definition) is 3. The van der Waals surface area contributed by atoms with Crippen molar-refractivity contribution < 1.29 is 4.42 Å². The van der Waals surface area contributed by atoms with Gasteiger partial charge in [-0.3, -0.25) is 4.98 Å². The van der Waals surface area contributed by atoms with E-state index in [2.05, 4.69) is 23.8 Å². The van der Waals surface area contributed by atoms with Gasteiger partial charge < -0.3 is 4.42 Å². The number of pyridine rings is 1. The summed E-state index contributed by atoms with van der Waals surface area (Å²) in [5.74, 6) is 1.96. The van der Waals surface area contributed by atoms with Gasteiger partial charge in [0.15, 0.2) is 11.7 Å². The molecule has 0 saturated heterocycles. The lowest BCUT2D eigenvalue weighted by molar-refractivity contribution is 0.462. The van der Waals surface area contributed by atoms with E-state index in [4.69, 9.17) is 4.42 Å². The molecule has 1 unspecified atom stereocenters. The molecular weight excluding hydrogens is 188 g/mol. The minimum absolute atomic E-state index is 0.371. The van der Waals surface area contributed by atoms with Crippen molar-refractivity contribution in [3.8, 4) is 11.3 Å². The zero-order valence-electron chi connectivity index (χ0n) is 8.97. The molecule has 0 bridgehead atoms. The zero-order valence-corrected chi connectivity index (χ0v) is 8.97. The first-order valence-corrected chi connectivity index (χ1v) is 5.17. The number of rotatable bonds is 3. The first kappa shape index (κ1) is 9.90. The van der Waals surface area contributed by atoms with Crippen LogP contribution in [0.3, 0.4) is 0 Å². The second-order valence-electron chi connectivity index (χ2n) is 3.61. The molecule has 0 aliphatic rings. The fourth-order valence-corrected chi connectivity index (χ4v) is 1.33. The molecule has 0 saturated carbocycles. The third kappa shape index (κ3) is 2.06. The highest BCUT2D eigenvalue weighted by molar-refractivity contribution is 5.54. The summed E-state index contributed by atoms with van der Waals surface area (Å²) in [5.41, 5.74) is 0.972. The van der Waals surface area contributed by atoms with Crippen LogP contribution < -0.4 is 0 Å². The summed E-state index contributed by atoms with van der Waals surface area (Å²) < 4.78 is 5.67. The van der Waals surface area contributed by atoms with Crippen LogP contribution in [-0.4, -0.2) is 9.97 Å². The van der Waals surface area contributed by atoms with Crippen LogP contribution in [-0.2, 0) is 0 Å². The molecule has 78 valence electrons. The van der Waals surface area contributed by atoms with Gasteiger partial charge in [-0.2, -0.15) is 0 Å². The standard InChI is InChI=1S/C12H14N2O/c1-3-9(2)12-14-8-11(15-12)10-5-4-6-13-7-10/h4-9H,3H2,1-2H3. The predicted octanol–water partition coefficient (Wildman–Crippen LogP) is 3.25. The lowest BCUT2D eigenvalue weighted by Gasteiger charge is -2.01.